The summed E-state index contributed by atoms with van der Waals surface area (Å²) >= 11 is 1.49. The van der Waals surface area contributed by atoms with Gasteiger partial charge in [-0.15, -0.1) is 0 Å². The standard InChI is InChI=1S/C20H39N7O5S/c1-5-11(2)15(27-16(28)13(21)7-6-9-24-20(22)23)18(30)26-14(8-10-33-4)17(29)25-12(3)19(31)32/h11-15H,5-10,21H2,1-4H3,(H,25,29)(H,26,30)(H,27,28)(H,31,32)(H4,22,23,24). The summed E-state index contributed by atoms with van der Waals surface area (Å²) in [5, 5.41) is 16.8. The van der Waals surface area contributed by atoms with Crippen molar-refractivity contribution >= 4 is 41.4 Å². The van der Waals surface area contributed by atoms with E-state index >= 15 is 0 Å². The monoisotopic (exact) mass is 489 g/mol. The summed E-state index contributed by atoms with van der Waals surface area (Å²) in [6.07, 6.45) is 3.56. The Bertz CT molecular complexity index is 688. The highest BCUT2D eigenvalue weighted by molar-refractivity contribution is 7.98. The van der Waals surface area contributed by atoms with Crippen molar-refractivity contribution in [1.29, 1.82) is 0 Å². The van der Waals surface area contributed by atoms with E-state index in [1.165, 1.54) is 18.7 Å². The lowest BCUT2D eigenvalue weighted by molar-refractivity contribution is -0.141. The van der Waals surface area contributed by atoms with Crippen molar-refractivity contribution in [1.82, 2.24) is 16.0 Å². The minimum Gasteiger partial charge on any atom is -0.480 e. The van der Waals surface area contributed by atoms with E-state index in [1.54, 1.807) is 6.92 Å². The highest BCUT2D eigenvalue weighted by atomic mass is 32.2. The van der Waals surface area contributed by atoms with Gasteiger partial charge in [0.05, 0.1) is 6.04 Å². The molecule has 0 bridgehead atoms. The SMILES string of the molecule is CCC(C)C(NC(=O)C(N)CCCN=C(N)N)C(=O)NC(CCSC)C(=O)NC(C)C(=O)O. The van der Waals surface area contributed by atoms with Crippen LogP contribution >= 0.6 is 11.8 Å². The minimum atomic E-state index is -1.18. The smallest absolute Gasteiger partial charge is 0.325 e. The number of carboxylic acids is 1. The number of carboxylic acid groups (broad SMARTS) is 1. The molecule has 13 heteroatoms. The Morgan fingerprint density at radius 2 is 1.64 bits per heavy atom. The molecule has 190 valence electrons. The number of rotatable bonds is 16. The molecule has 0 aromatic heterocycles. The fourth-order valence-electron chi connectivity index (χ4n) is 2.75. The van der Waals surface area contributed by atoms with Crippen molar-refractivity contribution < 1.29 is 24.3 Å². The number of nitrogens with two attached hydrogens (primary N) is 3. The third kappa shape index (κ3) is 12.3. The van der Waals surface area contributed by atoms with E-state index in [0.717, 1.165) is 0 Å². The van der Waals surface area contributed by atoms with Gasteiger partial charge < -0.3 is 38.3 Å². The maximum absolute atomic E-state index is 13.0. The van der Waals surface area contributed by atoms with Crippen molar-refractivity contribution in [2.45, 2.75) is 70.6 Å². The van der Waals surface area contributed by atoms with Crippen LogP contribution in [0.3, 0.4) is 0 Å². The van der Waals surface area contributed by atoms with Gasteiger partial charge in [0.25, 0.3) is 0 Å². The summed E-state index contributed by atoms with van der Waals surface area (Å²) in [6, 6.07) is -3.81. The number of nitrogens with zero attached hydrogens (tertiary/aromatic N) is 1. The zero-order valence-corrected chi connectivity index (χ0v) is 20.6. The number of nitrogens with one attached hydrogen (secondary N) is 3. The molecule has 0 radical (unpaired) electrons. The first kappa shape index (κ1) is 30.5. The Kier molecular flexibility index (Phi) is 14.9. The van der Waals surface area contributed by atoms with Gasteiger partial charge in [-0.05, 0) is 44.1 Å². The lowest BCUT2D eigenvalue weighted by atomic mass is 9.97. The molecule has 12 nitrogen and oxygen atoms in total. The predicted molar refractivity (Wildman–Crippen MR) is 129 cm³/mol. The molecular formula is C20H39N7O5S. The number of amides is 3. The number of thioether (sulfide) groups is 1. The van der Waals surface area contributed by atoms with Crippen LogP contribution in [-0.2, 0) is 19.2 Å². The topological polar surface area (TPSA) is 215 Å². The highest BCUT2D eigenvalue weighted by Gasteiger charge is 2.31. The number of hydrogen-bond acceptors (Lipinski definition) is 7. The predicted octanol–water partition coefficient (Wildman–Crippen LogP) is -1.27. The van der Waals surface area contributed by atoms with Crippen molar-refractivity contribution in [3.05, 3.63) is 0 Å². The van der Waals surface area contributed by atoms with E-state index in [1.807, 2.05) is 13.2 Å². The summed E-state index contributed by atoms with van der Waals surface area (Å²) in [7, 11) is 0. The molecule has 0 aliphatic carbocycles. The van der Waals surface area contributed by atoms with E-state index in [-0.39, 0.29) is 11.9 Å². The fourth-order valence-corrected chi connectivity index (χ4v) is 3.23. The molecule has 0 fully saturated rings. The van der Waals surface area contributed by atoms with E-state index < -0.39 is 47.9 Å². The lowest BCUT2D eigenvalue weighted by Crippen LogP contribution is -2.58. The highest BCUT2D eigenvalue weighted by Crippen LogP contribution is 2.11. The molecule has 0 saturated heterocycles. The molecule has 0 spiro atoms. The van der Waals surface area contributed by atoms with Gasteiger partial charge in [0.15, 0.2) is 5.96 Å². The second kappa shape index (κ2) is 16.1. The van der Waals surface area contributed by atoms with Crippen molar-refractivity contribution in [3.8, 4) is 0 Å². The van der Waals surface area contributed by atoms with E-state index in [4.69, 9.17) is 22.3 Å². The van der Waals surface area contributed by atoms with Gasteiger partial charge in [-0.2, -0.15) is 11.8 Å². The van der Waals surface area contributed by atoms with Gasteiger partial charge in [-0.1, -0.05) is 20.3 Å². The second-order valence-electron chi connectivity index (χ2n) is 7.84. The van der Waals surface area contributed by atoms with Crippen LogP contribution in [0.25, 0.3) is 0 Å². The second-order valence-corrected chi connectivity index (χ2v) is 8.82. The molecule has 5 atom stereocenters. The largest absolute Gasteiger partial charge is 0.480 e. The summed E-state index contributed by atoms with van der Waals surface area (Å²) in [5.41, 5.74) is 16.5. The van der Waals surface area contributed by atoms with Crippen LogP contribution in [0.1, 0.15) is 46.5 Å². The molecule has 10 N–H and O–H groups in total. The Labute approximate surface area is 199 Å². The van der Waals surface area contributed by atoms with Crippen LogP contribution in [-0.4, -0.2) is 77.5 Å². The molecule has 5 unspecified atom stereocenters. The van der Waals surface area contributed by atoms with Gasteiger partial charge in [0.2, 0.25) is 17.7 Å². The number of aliphatic imine (C=N–C) groups is 1. The number of aliphatic carboxylic acids is 1. The Balaban J connectivity index is 5.24. The molecule has 0 rings (SSSR count). The maximum Gasteiger partial charge on any atom is 0.325 e. The van der Waals surface area contributed by atoms with E-state index in [0.29, 0.717) is 38.0 Å². The third-order valence-corrected chi connectivity index (χ3v) is 5.71. The van der Waals surface area contributed by atoms with Crippen molar-refractivity contribution in [2.24, 2.45) is 28.1 Å². The Morgan fingerprint density at radius 3 is 2.15 bits per heavy atom. The molecule has 0 aliphatic rings. The first-order valence-corrected chi connectivity index (χ1v) is 12.3. The van der Waals surface area contributed by atoms with Gasteiger partial charge >= 0.3 is 5.97 Å². The Morgan fingerprint density at radius 1 is 1.00 bits per heavy atom. The summed E-state index contributed by atoms with van der Waals surface area (Å²) < 4.78 is 0. The van der Waals surface area contributed by atoms with Crippen LogP contribution in [0, 0.1) is 5.92 Å². The first-order valence-electron chi connectivity index (χ1n) is 10.9. The molecule has 3 amide bonds. The molecule has 0 aromatic carbocycles. The molecule has 0 heterocycles. The number of carbonyl (C=O) groups excluding carboxylic acids is 3. The number of hydrogen-bond donors (Lipinski definition) is 7. The van der Waals surface area contributed by atoms with Crippen LogP contribution in [0.15, 0.2) is 4.99 Å². The molecule has 0 aromatic rings. The minimum absolute atomic E-state index is 0.0423. The molecular weight excluding hydrogens is 450 g/mol. The zero-order valence-electron chi connectivity index (χ0n) is 19.8. The van der Waals surface area contributed by atoms with Gasteiger partial charge in [0.1, 0.15) is 18.1 Å². The van der Waals surface area contributed by atoms with Gasteiger partial charge in [-0.3, -0.25) is 24.2 Å². The molecule has 0 saturated carbocycles. The van der Waals surface area contributed by atoms with Gasteiger partial charge in [-0.25, -0.2) is 0 Å². The lowest BCUT2D eigenvalue weighted by Gasteiger charge is -2.27. The van der Waals surface area contributed by atoms with Crippen LogP contribution in [0.4, 0.5) is 0 Å². The normalized spacial score (nSPS) is 15.3. The van der Waals surface area contributed by atoms with E-state index in [9.17, 15) is 19.2 Å². The van der Waals surface area contributed by atoms with Gasteiger partial charge in [0, 0.05) is 6.54 Å². The average molecular weight is 490 g/mol. The van der Waals surface area contributed by atoms with Crippen molar-refractivity contribution in [3.63, 3.8) is 0 Å². The molecule has 0 aliphatic heterocycles. The molecule has 33 heavy (non-hydrogen) atoms. The first-order chi connectivity index (χ1) is 15.4. The van der Waals surface area contributed by atoms with Crippen LogP contribution in [0.2, 0.25) is 0 Å². The van der Waals surface area contributed by atoms with Crippen molar-refractivity contribution in [2.75, 3.05) is 18.6 Å². The number of guanidine groups is 1. The number of carbonyl (C=O) groups is 4. The summed E-state index contributed by atoms with van der Waals surface area (Å²) in [6.45, 7) is 5.35. The summed E-state index contributed by atoms with van der Waals surface area (Å²) in [4.78, 5) is 53.0. The van der Waals surface area contributed by atoms with Crippen LogP contribution < -0.4 is 33.2 Å². The maximum atomic E-state index is 13.0. The average Bonchev–Trinajstić information content (AvgIpc) is 2.76. The third-order valence-electron chi connectivity index (χ3n) is 5.07. The Hall–Kier alpha value is -2.54. The summed E-state index contributed by atoms with van der Waals surface area (Å²) in [5.74, 6) is -2.51. The van der Waals surface area contributed by atoms with Crippen LogP contribution in [0.5, 0.6) is 0 Å². The quantitative estimate of drug-likeness (QED) is 0.0779. The zero-order chi connectivity index (χ0) is 25.6. The fraction of sp³-hybridized carbons (Fsp3) is 0.750. The van der Waals surface area contributed by atoms with E-state index in [2.05, 4.69) is 20.9 Å².